The maximum Gasteiger partial charge on any atom is 0.291 e. The molecule has 0 spiro atoms. The molecule has 1 unspecified atom stereocenters. The minimum atomic E-state index is -0.233. The van der Waals surface area contributed by atoms with Crippen molar-refractivity contribution < 1.29 is 4.79 Å². The third-order valence-corrected chi connectivity index (χ3v) is 3.15. The van der Waals surface area contributed by atoms with Crippen LogP contribution in [0.15, 0.2) is 30.3 Å². The van der Waals surface area contributed by atoms with E-state index in [4.69, 9.17) is 0 Å². The summed E-state index contributed by atoms with van der Waals surface area (Å²) in [6.07, 6.45) is 2.62. The zero-order chi connectivity index (χ0) is 14.4. The summed E-state index contributed by atoms with van der Waals surface area (Å²) in [6.45, 7) is 4.07. The molecule has 0 bridgehead atoms. The highest BCUT2D eigenvalue weighted by atomic mass is 16.2. The van der Waals surface area contributed by atoms with Gasteiger partial charge >= 0.3 is 0 Å². The van der Waals surface area contributed by atoms with Crippen LogP contribution in [0.25, 0.3) is 0 Å². The quantitative estimate of drug-likeness (QED) is 0.849. The predicted molar refractivity (Wildman–Crippen MR) is 77.3 cm³/mol. The summed E-state index contributed by atoms with van der Waals surface area (Å²) >= 11 is 0. The third-order valence-electron chi connectivity index (χ3n) is 3.15. The van der Waals surface area contributed by atoms with Crippen LogP contribution in [0.3, 0.4) is 0 Å². The first kappa shape index (κ1) is 14.2. The van der Waals surface area contributed by atoms with Gasteiger partial charge in [-0.05, 0) is 12.0 Å². The molecule has 0 radical (unpaired) electrons. The molecule has 20 heavy (non-hydrogen) atoms. The molecule has 1 aromatic heterocycles. The van der Waals surface area contributed by atoms with Crippen LogP contribution in [0.4, 0.5) is 0 Å². The van der Waals surface area contributed by atoms with Gasteiger partial charge < -0.3 is 5.32 Å². The van der Waals surface area contributed by atoms with Gasteiger partial charge in [-0.3, -0.25) is 9.89 Å². The second-order valence-electron chi connectivity index (χ2n) is 4.68. The minimum Gasteiger partial charge on any atom is -0.342 e. The fourth-order valence-electron chi connectivity index (χ4n) is 2.07. The fourth-order valence-corrected chi connectivity index (χ4v) is 2.07. The molecule has 1 amide bonds. The Kier molecular flexibility index (Phi) is 4.87. The second kappa shape index (κ2) is 6.84. The number of aromatic amines is 1. The average Bonchev–Trinajstić information content (AvgIpc) is 2.97. The van der Waals surface area contributed by atoms with Gasteiger partial charge in [-0.1, -0.05) is 50.6 Å². The first-order chi connectivity index (χ1) is 9.74. The van der Waals surface area contributed by atoms with Gasteiger partial charge in [0, 0.05) is 6.42 Å². The summed E-state index contributed by atoms with van der Waals surface area (Å²) in [6, 6.07) is 9.97. The van der Waals surface area contributed by atoms with Crippen molar-refractivity contribution in [3.63, 3.8) is 0 Å². The van der Waals surface area contributed by atoms with Crippen molar-refractivity contribution in [2.75, 3.05) is 0 Å². The highest BCUT2D eigenvalue weighted by Crippen LogP contribution is 2.18. The average molecular weight is 272 g/mol. The normalized spacial score (nSPS) is 12.1. The van der Waals surface area contributed by atoms with Crippen LogP contribution in [-0.2, 0) is 6.42 Å². The zero-order valence-corrected chi connectivity index (χ0v) is 11.9. The Morgan fingerprint density at radius 2 is 2.05 bits per heavy atom. The van der Waals surface area contributed by atoms with Crippen LogP contribution in [0, 0.1) is 0 Å². The maximum atomic E-state index is 12.2. The van der Waals surface area contributed by atoms with E-state index in [1.165, 1.54) is 0 Å². The standard InChI is InChI=1S/C15H20N4O/c1-3-8-12(11-9-6-5-7-10-11)16-15(20)14-17-13(4-2)18-19-14/h5-7,9-10,12H,3-4,8H2,1-2H3,(H,16,20)(H,17,18,19). The second-order valence-corrected chi connectivity index (χ2v) is 4.68. The van der Waals surface area contributed by atoms with Crippen molar-refractivity contribution in [1.82, 2.24) is 20.5 Å². The van der Waals surface area contributed by atoms with Crippen molar-refractivity contribution >= 4 is 5.91 Å². The summed E-state index contributed by atoms with van der Waals surface area (Å²) in [5.41, 5.74) is 1.11. The number of H-pyrrole nitrogens is 1. The lowest BCUT2D eigenvalue weighted by molar-refractivity contribution is 0.0924. The predicted octanol–water partition coefficient (Wildman–Crippen LogP) is 2.64. The smallest absolute Gasteiger partial charge is 0.291 e. The van der Waals surface area contributed by atoms with Gasteiger partial charge in [-0.2, -0.15) is 0 Å². The molecular formula is C15H20N4O. The Morgan fingerprint density at radius 3 is 2.65 bits per heavy atom. The number of aryl methyl sites for hydroxylation is 1. The molecule has 0 fully saturated rings. The van der Waals surface area contributed by atoms with E-state index in [-0.39, 0.29) is 17.8 Å². The van der Waals surface area contributed by atoms with Crippen molar-refractivity contribution in [3.05, 3.63) is 47.5 Å². The highest BCUT2D eigenvalue weighted by molar-refractivity contribution is 5.90. The van der Waals surface area contributed by atoms with Gasteiger partial charge in [0.05, 0.1) is 6.04 Å². The summed E-state index contributed by atoms with van der Waals surface area (Å²) in [5.74, 6) is 0.698. The molecule has 2 aromatic rings. The number of aromatic nitrogens is 3. The van der Waals surface area contributed by atoms with E-state index in [0.717, 1.165) is 30.7 Å². The number of hydrogen-bond acceptors (Lipinski definition) is 3. The summed E-state index contributed by atoms with van der Waals surface area (Å²) < 4.78 is 0. The van der Waals surface area contributed by atoms with Crippen molar-refractivity contribution in [2.45, 2.75) is 39.2 Å². The highest BCUT2D eigenvalue weighted by Gasteiger charge is 2.17. The lowest BCUT2D eigenvalue weighted by atomic mass is 10.0. The van der Waals surface area contributed by atoms with Crippen LogP contribution in [-0.4, -0.2) is 21.1 Å². The Balaban J connectivity index is 2.10. The molecule has 5 heteroatoms. The molecule has 106 valence electrons. The number of carbonyl (C=O) groups is 1. The van der Waals surface area contributed by atoms with Gasteiger partial charge in [-0.25, -0.2) is 4.98 Å². The number of nitrogens with zero attached hydrogens (tertiary/aromatic N) is 2. The lowest BCUT2D eigenvalue weighted by Crippen LogP contribution is -2.29. The molecule has 0 saturated carbocycles. The number of carbonyl (C=O) groups excluding carboxylic acids is 1. The molecule has 2 N–H and O–H groups in total. The van der Waals surface area contributed by atoms with E-state index in [1.807, 2.05) is 37.3 Å². The van der Waals surface area contributed by atoms with Crippen molar-refractivity contribution in [3.8, 4) is 0 Å². The molecular weight excluding hydrogens is 252 g/mol. The molecule has 0 aliphatic heterocycles. The number of hydrogen-bond donors (Lipinski definition) is 2. The van der Waals surface area contributed by atoms with Gasteiger partial charge in [0.15, 0.2) is 0 Å². The van der Waals surface area contributed by atoms with Crippen molar-refractivity contribution in [1.29, 1.82) is 0 Å². The number of nitrogens with one attached hydrogen (secondary N) is 2. The molecule has 0 saturated heterocycles. The van der Waals surface area contributed by atoms with Gasteiger partial charge in [0.2, 0.25) is 5.82 Å². The van der Waals surface area contributed by atoms with Gasteiger partial charge in [0.1, 0.15) is 5.82 Å². The number of benzene rings is 1. The minimum absolute atomic E-state index is 0.00252. The molecule has 1 atom stereocenters. The SMILES string of the molecule is CCCC(NC(=O)c1n[nH]c(CC)n1)c1ccccc1. The third kappa shape index (κ3) is 3.44. The molecule has 1 heterocycles. The first-order valence-corrected chi connectivity index (χ1v) is 7.01. The largest absolute Gasteiger partial charge is 0.342 e. The van der Waals surface area contributed by atoms with Crippen LogP contribution in [0.1, 0.15) is 54.7 Å². The summed E-state index contributed by atoms with van der Waals surface area (Å²) in [5, 5.41) is 9.71. The monoisotopic (exact) mass is 272 g/mol. The van der Waals surface area contributed by atoms with E-state index in [2.05, 4.69) is 27.4 Å². The van der Waals surface area contributed by atoms with Crippen LogP contribution in [0.2, 0.25) is 0 Å². The van der Waals surface area contributed by atoms with Crippen LogP contribution < -0.4 is 5.32 Å². The molecule has 0 aliphatic carbocycles. The summed E-state index contributed by atoms with van der Waals surface area (Å²) in [4.78, 5) is 16.3. The van der Waals surface area contributed by atoms with Crippen molar-refractivity contribution in [2.24, 2.45) is 0 Å². The molecule has 1 aromatic carbocycles. The van der Waals surface area contributed by atoms with E-state index >= 15 is 0 Å². The Bertz CT molecular complexity index is 550. The first-order valence-electron chi connectivity index (χ1n) is 7.01. The molecule has 0 aliphatic rings. The van der Waals surface area contributed by atoms with Crippen LogP contribution >= 0.6 is 0 Å². The molecule has 5 nitrogen and oxygen atoms in total. The van der Waals surface area contributed by atoms with Crippen LogP contribution in [0.5, 0.6) is 0 Å². The number of rotatable bonds is 6. The maximum absolute atomic E-state index is 12.2. The van der Waals surface area contributed by atoms with E-state index < -0.39 is 0 Å². The van der Waals surface area contributed by atoms with E-state index in [1.54, 1.807) is 0 Å². The Labute approximate surface area is 118 Å². The zero-order valence-electron chi connectivity index (χ0n) is 11.9. The Hall–Kier alpha value is -2.17. The molecule has 2 rings (SSSR count). The Morgan fingerprint density at radius 1 is 1.30 bits per heavy atom. The lowest BCUT2D eigenvalue weighted by Gasteiger charge is -2.17. The summed E-state index contributed by atoms with van der Waals surface area (Å²) in [7, 11) is 0. The van der Waals surface area contributed by atoms with E-state index in [9.17, 15) is 4.79 Å². The number of amides is 1. The fraction of sp³-hybridized carbons (Fsp3) is 0.400. The van der Waals surface area contributed by atoms with Gasteiger partial charge in [0.25, 0.3) is 5.91 Å². The van der Waals surface area contributed by atoms with Gasteiger partial charge in [-0.15, -0.1) is 5.10 Å². The topological polar surface area (TPSA) is 70.7 Å². The van der Waals surface area contributed by atoms with E-state index in [0.29, 0.717) is 0 Å².